The highest BCUT2D eigenvalue weighted by atomic mass is 16.5. The van der Waals surface area contributed by atoms with E-state index in [0.717, 1.165) is 17.8 Å². The molecule has 1 heterocycles. The average molecular weight is 279 g/mol. The Labute approximate surface area is 121 Å². The van der Waals surface area contributed by atoms with Crippen molar-refractivity contribution in [1.82, 2.24) is 9.97 Å². The van der Waals surface area contributed by atoms with Gasteiger partial charge in [0.25, 0.3) is 0 Å². The molecule has 1 atom stereocenters. The molecule has 1 aromatic rings. The zero-order chi connectivity index (χ0) is 15.3. The Hall–Kier alpha value is -1.65. The van der Waals surface area contributed by atoms with Crippen LogP contribution in [-0.4, -0.2) is 28.6 Å². The molecule has 0 aliphatic heterocycles. The van der Waals surface area contributed by atoms with E-state index in [9.17, 15) is 4.79 Å². The molecule has 1 N–H and O–H groups in total. The van der Waals surface area contributed by atoms with Crippen molar-refractivity contribution >= 4 is 11.9 Å². The molecule has 1 unspecified atom stereocenters. The molecule has 0 saturated heterocycles. The number of nitrogens with zero attached hydrogens (tertiary/aromatic N) is 2. The number of hydrogen-bond acceptors (Lipinski definition) is 5. The number of aryl methyl sites for hydroxylation is 1. The minimum Gasteiger partial charge on any atom is -0.467 e. The van der Waals surface area contributed by atoms with E-state index in [1.807, 2.05) is 26.8 Å². The van der Waals surface area contributed by atoms with Crippen molar-refractivity contribution in [1.29, 1.82) is 0 Å². The summed E-state index contributed by atoms with van der Waals surface area (Å²) >= 11 is 0. The standard InChI is InChI=1S/C15H25N3O2/c1-7-8-15(5,13(19)20-6)18-14-16-11(4)9-12(17-14)10(2)3/h9-10H,7-8H2,1-6H3,(H,16,17,18). The maximum atomic E-state index is 12.0. The van der Waals surface area contributed by atoms with Crippen molar-refractivity contribution in [2.45, 2.75) is 58.9 Å². The van der Waals surface area contributed by atoms with E-state index in [2.05, 4.69) is 29.1 Å². The van der Waals surface area contributed by atoms with Gasteiger partial charge in [-0.1, -0.05) is 27.2 Å². The molecular weight excluding hydrogens is 254 g/mol. The second kappa shape index (κ2) is 6.68. The highest BCUT2D eigenvalue weighted by Gasteiger charge is 2.34. The molecule has 0 fully saturated rings. The van der Waals surface area contributed by atoms with Gasteiger partial charge in [-0.3, -0.25) is 0 Å². The van der Waals surface area contributed by atoms with Crippen LogP contribution in [0.4, 0.5) is 5.95 Å². The summed E-state index contributed by atoms with van der Waals surface area (Å²) in [7, 11) is 1.40. The number of esters is 1. The van der Waals surface area contributed by atoms with Gasteiger partial charge in [0.1, 0.15) is 5.54 Å². The lowest BCUT2D eigenvalue weighted by Gasteiger charge is -2.27. The second-order valence-corrected chi connectivity index (χ2v) is 5.61. The van der Waals surface area contributed by atoms with Crippen molar-refractivity contribution in [3.63, 3.8) is 0 Å². The van der Waals surface area contributed by atoms with Crippen LogP contribution in [0.3, 0.4) is 0 Å². The minimum absolute atomic E-state index is 0.296. The molecule has 0 saturated carbocycles. The summed E-state index contributed by atoms with van der Waals surface area (Å²) in [5.41, 5.74) is 1.05. The van der Waals surface area contributed by atoms with Crippen molar-refractivity contribution in [2.24, 2.45) is 0 Å². The van der Waals surface area contributed by atoms with Gasteiger partial charge in [0.05, 0.1) is 7.11 Å². The molecule has 1 aromatic heterocycles. The molecule has 0 aliphatic carbocycles. The summed E-state index contributed by atoms with van der Waals surface area (Å²) < 4.78 is 4.89. The van der Waals surface area contributed by atoms with E-state index in [0.29, 0.717) is 18.3 Å². The molecule has 0 amide bonds. The van der Waals surface area contributed by atoms with E-state index < -0.39 is 5.54 Å². The summed E-state index contributed by atoms with van der Waals surface area (Å²) in [4.78, 5) is 20.8. The van der Waals surface area contributed by atoms with Gasteiger partial charge in [0.15, 0.2) is 0 Å². The second-order valence-electron chi connectivity index (χ2n) is 5.61. The van der Waals surface area contributed by atoms with Crippen LogP contribution in [0.2, 0.25) is 0 Å². The lowest BCUT2D eigenvalue weighted by Crippen LogP contribution is -2.44. The first-order valence-corrected chi connectivity index (χ1v) is 7.04. The Kier molecular flexibility index (Phi) is 5.48. The monoisotopic (exact) mass is 279 g/mol. The molecular formula is C15H25N3O2. The Morgan fingerprint density at radius 2 is 2.10 bits per heavy atom. The SMILES string of the molecule is CCCC(C)(Nc1nc(C)cc(C(C)C)n1)C(=O)OC. The largest absolute Gasteiger partial charge is 0.467 e. The van der Waals surface area contributed by atoms with Gasteiger partial charge < -0.3 is 10.1 Å². The summed E-state index contributed by atoms with van der Waals surface area (Å²) in [5.74, 6) is 0.499. The predicted octanol–water partition coefficient (Wildman–Crippen LogP) is 3.05. The third-order valence-corrected chi connectivity index (χ3v) is 3.24. The maximum absolute atomic E-state index is 12.0. The molecule has 0 aromatic carbocycles. The smallest absolute Gasteiger partial charge is 0.331 e. The number of aromatic nitrogens is 2. The molecule has 112 valence electrons. The number of methoxy groups -OCH3 is 1. The van der Waals surface area contributed by atoms with E-state index in [1.165, 1.54) is 7.11 Å². The zero-order valence-corrected chi connectivity index (χ0v) is 13.3. The zero-order valence-electron chi connectivity index (χ0n) is 13.3. The lowest BCUT2D eigenvalue weighted by atomic mass is 9.96. The maximum Gasteiger partial charge on any atom is 0.331 e. The quantitative estimate of drug-likeness (QED) is 0.811. The Morgan fingerprint density at radius 1 is 1.45 bits per heavy atom. The topological polar surface area (TPSA) is 64.1 Å². The van der Waals surface area contributed by atoms with Crippen molar-refractivity contribution in [3.8, 4) is 0 Å². The predicted molar refractivity (Wildman–Crippen MR) is 79.8 cm³/mol. The van der Waals surface area contributed by atoms with Gasteiger partial charge in [-0.15, -0.1) is 0 Å². The number of ether oxygens (including phenoxy) is 1. The molecule has 0 bridgehead atoms. The minimum atomic E-state index is -0.800. The molecule has 5 heteroatoms. The number of nitrogens with one attached hydrogen (secondary N) is 1. The third kappa shape index (κ3) is 3.92. The van der Waals surface area contributed by atoms with Crippen LogP contribution in [0.1, 0.15) is 57.8 Å². The van der Waals surface area contributed by atoms with Crippen molar-refractivity contribution in [2.75, 3.05) is 12.4 Å². The van der Waals surface area contributed by atoms with E-state index in [4.69, 9.17) is 4.74 Å². The van der Waals surface area contributed by atoms with Gasteiger partial charge in [0.2, 0.25) is 5.95 Å². The Morgan fingerprint density at radius 3 is 2.60 bits per heavy atom. The van der Waals surface area contributed by atoms with Crippen LogP contribution in [-0.2, 0) is 9.53 Å². The first-order chi connectivity index (χ1) is 9.32. The summed E-state index contributed by atoms with van der Waals surface area (Å²) in [6.45, 7) is 9.94. The fourth-order valence-corrected chi connectivity index (χ4v) is 2.13. The van der Waals surface area contributed by atoms with Gasteiger partial charge in [-0.2, -0.15) is 0 Å². The van der Waals surface area contributed by atoms with Crippen LogP contribution in [0.25, 0.3) is 0 Å². The number of carbonyl (C=O) groups is 1. The molecule has 5 nitrogen and oxygen atoms in total. The van der Waals surface area contributed by atoms with Gasteiger partial charge in [-0.25, -0.2) is 14.8 Å². The molecule has 0 spiro atoms. The van der Waals surface area contributed by atoms with Crippen molar-refractivity contribution < 1.29 is 9.53 Å². The normalized spacial score (nSPS) is 13.9. The van der Waals surface area contributed by atoms with Crippen LogP contribution in [0, 0.1) is 6.92 Å². The van der Waals surface area contributed by atoms with Gasteiger partial charge in [0, 0.05) is 11.4 Å². The van der Waals surface area contributed by atoms with Gasteiger partial charge >= 0.3 is 5.97 Å². The summed E-state index contributed by atoms with van der Waals surface area (Å²) in [6.07, 6.45) is 1.52. The molecule has 1 rings (SSSR count). The summed E-state index contributed by atoms with van der Waals surface area (Å²) in [5, 5.41) is 3.15. The number of anilines is 1. The summed E-state index contributed by atoms with van der Waals surface area (Å²) in [6, 6.07) is 1.96. The Balaban J connectivity index is 3.08. The van der Waals surface area contributed by atoms with Crippen molar-refractivity contribution in [3.05, 3.63) is 17.5 Å². The molecule has 0 aliphatic rings. The Bertz CT molecular complexity index is 474. The number of carbonyl (C=O) groups excluding carboxylic acids is 1. The first kappa shape index (κ1) is 16.4. The van der Waals surface area contributed by atoms with Crippen LogP contribution >= 0.6 is 0 Å². The molecule has 20 heavy (non-hydrogen) atoms. The molecule has 0 radical (unpaired) electrons. The third-order valence-electron chi connectivity index (χ3n) is 3.24. The van der Waals surface area contributed by atoms with E-state index in [1.54, 1.807) is 0 Å². The van der Waals surface area contributed by atoms with Crippen LogP contribution < -0.4 is 5.32 Å². The fraction of sp³-hybridized carbons (Fsp3) is 0.667. The fourth-order valence-electron chi connectivity index (χ4n) is 2.13. The van der Waals surface area contributed by atoms with Gasteiger partial charge in [-0.05, 0) is 32.3 Å². The van der Waals surface area contributed by atoms with Crippen LogP contribution in [0.15, 0.2) is 6.07 Å². The van der Waals surface area contributed by atoms with E-state index in [-0.39, 0.29) is 5.97 Å². The highest BCUT2D eigenvalue weighted by molar-refractivity contribution is 5.83. The highest BCUT2D eigenvalue weighted by Crippen LogP contribution is 2.21. The van der Waals surface area contributed by atoms with E-state index >= 15 is 0 Å². The number of rotatable bonds is 6. The first-order valence-electron chi connectivity index (χ1n) is 7.04. The lowest BCUT2D eigenvalue weighted by molar-refractivity contribution is -0.145. The average Bonchev–Trinajstić information content (AvgIpc) is 2.37. The number of hydrogen-bond donors (Lipinski definition) is 1. The van der Waals surface area contributed by atoms with Crippen LogP contribution in [0.5, 0.6) is 0 Å².